The Morgan fingerprint density at radius 1 is 1.17 bits per heavy atom. The molecule has 0 radical (unpaired) electrons. The van der Waals surface area contributed by atoms with Crippen molar-refractivity contribution in [2.75, 3.05) is 19.6 Å². The Balaban J connectivity index is 1.09. The summed E-state index contributed by atoms with van der Waals surface area (Å²) in [4.78, 5) is 31.2. The summed E-state index contributed by atoms with van der Waals surface area (Å²) in [5.41, 5.74) is 0.373. The lowest BCUT2D eigenvalue weighted by Gasteiger charge is -2.39. The van der Waals surface area contributed by atoms with Gasteiger partial charge in [0.1, 0.15) is 5.69 Å². The van der Waals surface area contributed by atoms with Crippen LogP contribution in [0.25, 0.3) is 0 Å². The van der Waals surface area contributed by atoms with Crippen LogP contribution in [-0.2, 0) is 9.53 Å². The Morgan fingerprint density at radius 3 is 2.72 bits per heavy atom. The van der Waals surface area contributed by atoms with Gasteiger partial charge in [-0.2, -0.15) is 0 Å². The first-order valence-electron chi connectivity index (χ1n) is 11.0. The molecule has 2 amide bonds. The SMILES string of the molecule is O=C(NC[C@@H]1CCC2(CCN(C(=O)c3ccccn3)CC2)O1)[C@@H]1C[C@@H]2C=C[C@H]1C2. The van der Waals surface area contributed by atoms with E-state index in [0.29, 0.717) is 37.2 Å². The molecule has 0 unspecified atom stereocenters. The van der Waals surface area contributed by atoms with Gasteiger partial charge >= 0.3 is 0 Å². The summed E-state index contributed by atoms with van der Waals surface area (Å²) in [5, 5.41) is 3.15. The molecule has 154 valence electrons. The topological polar surface area (TPSA) is 71.5 Å². The Kier molecular flexibility index (Phi) is 4.90. The van der Waals surface area contributed by atoms with Gasteiger partial charge in [0.2, 0.25) is 5.91 Å². The molecule has 1 spiro atoms. The molecule has 6 nitrogen and oxygen atoms in total. The zero-order valence-corrected chi connectivity index (χ0v) is 16.8. The lowest BCUT2D eigenvalue weighted by atomic mass is 9.88. The number of hydrogen-bond acceptors (Lipinski definition) is 4. The number of ether oxygens (including phenoxy) is 1. The minimum Gasteiger partial charge on any atom is -0.370 e. The van der Waals surface area contributed by atoms with E-state index >= 15 is 0 Å². The second-order valence-corrected chi connectivity index (χ2v) is 9.10. The molecule has 2 saturated heterocycles. The van der Waals surface area contributed by atoms with Crippen molar-refractivity contribution in [1.82, 2.24) is 15.2 Å². The molecule has 2 aliphatic heterocycles. The van der Waals surface area contributed by atoms with Crippen molar-refractivity contribution in [1.29, 1.82) is 0 Å². The summed E-state index contributed by atoms with van der Waals surface area (Å²) >= 11 is 0. The lowest BCUT2D eigenvalue weighted by Crippen LogP contribution is -2.47. The second kappa shape index (κ2) is 7.56. The van der Waals surface area contributed by atoms with E-state index < -0.39 is 0 Å². The third kappa shape index (κ3) is 3.70. The van der Waals surface area contributed by atoms with Crippen LogP contribution in [0.1, 0.15) is 49.0 Å². The van der Waals surface area contributed by atoms with Crippen molar-refractivity contribution in [2.24, 2.45) is 17.8 Å². The molecule has 4 atom stereocenters. The Bertz CT molecular complexity index is 801. The van der Waals surface area contributed by atoms with Gasteiger partial charge in [-0.05, 0) is 62.5 Å². The predicted octanol–water partition coefficient (Wildman–Crippen LogP) is 2.56. The quantitative estimate of drug-likeness (QED) is 0.796. The first-order chi connectivity index (χ1) is 14.1. The summed E-state index contributed by atoms with van der Waals surface area (Å²) in [5.74, 6) is 1.41. The van der Waals surface area contributed by atoms with E-state index in [4.69, 9.17) is 4.74 Å². The number of amides is 2. The van der Waals surface area contributed by atoms with Crippen LogP contribution >= 0.6 is 0 Å². The molecule has 0 aromatic carbocycles. The molecule has 1 saturated carbocycles. The molecule has 1 aromatic heterocycles. The molecule has 3 heterocycles. The van der Waals surface area contributed by atoms with Crippen LogP contribution in [0.5, 0.6) is 0 Å². The molecular formula is C23H29N3O3. The third-order valence-electron chi connectivity index (χ3n) is 7.30. The first kappa shape index (κ1) is 18.8. The molecule has 2 aliphatic carbocycles. The van der Waals surface area contributed by atoms with E-state index in [2.05, 4.69) is 22.5 Å². The van der Waals surface area contributed by atoms with Crippen molar-refractivity contribution in [3.05, 3.63) is 42.2 Å². The first-order valence-corrected chi connectivity index (χ1v) is 11.0. The fourth-order valence-corrected chi connectivity index (χ4v) is 5.60. The van der Waals surface area contributed by atoms with E-state index in [0.717, 1.165) is 38.5 Å². The Hall–Kier alpha value is -2.21. The van der Waals surface area contributed by atoms with Gasteiger partial charge in [-0.3, -0.25) is 14.6 Å². The summed E-state index contributed by atoms with van der Waals surface area (Å²) in [6.45, 7) is 2.01. The number of piperidine rings is 1. The fourth-order valence-electron chi connectivity index (χ4n) is 5.60. The van der Waals surface area contributed by atoms with Gasteiger partial charge in [0.25, 0.3) is 5.91 Å². The average Bonchev–Trinajstić information content (AvgIpc) is 3.49. The maximum atomic E-state index is 12.6. The Labute approximate surface area is 171 Å². The smallest absolute Gasteiger partial charge is 0.272 e. The van der Waals surface area contributed by atoms with Crippen LogP contribution < -0.4 is 5.32 Å². The zero-order valence-electron chi connectivity index (χ0n) is 16.8. The number of nitrogens with one attached hydrogen (secondary N) is 1. The summed E-state index contributed by atoms with van der Waals surface area (Å²) in [6, 6.07) is 5.43. The standard InChI is InChI=1S/C23H29N3O3/c27-21(19-14-16-4-5-17(19)13-16)25-15-18-6-7-23(29-18)8-11-26(12-9-23)22(28)20-3-1-2-10-24-20/h1-5,10,16-19H,6-9,11-15H2,(H,25,27)/t16-,17+,18+,19-/m1/s1. The van der Waals surface area contributed by atoms with Crippen molar-refractivity contribution >= 4 is 11.8 Å². The van der Waals surface area contributed by atoms with Gasteiger partial charge in [-0.25, -0.2) is 0 Å². The van der Waals surface area contributed by atoms with E-state index in [-0.39, 0.29) is 29.4 Å². The van der Waals surface area contributed by atoms with Gasteiger partial charge in [0.05, 0.1) is 11.7 Å². The number of rotatable bonds is 4. The van der Waals surface area contributed by atoms with Gasteiger partial charge in [0.15, 0.2) is 0 Å². The van der Waals surface area contributed by atoms with E-state index in [1.807, 2.05) is 17.0 Å². The molecule has 4 aliphatic rings. The number of carbonyl (C=O) groups excluding carboxylic acids is 2. The number of aromatic nitrogens is 1. The minimum atomic E-state index is -0.133. The number of likely N-dealkylation sites (tertiary alicyclic amines) is 1. The van der Waals surface area contributed by atoms with E-state index in [9.17, 15) is 9.59 Å². The normalized spacial score (nSPS) is 32.1. The van der Waals surface area contributed by atoms with Crippen molar-refractivity contribution < 1.29 is 14.3 Å². The summed E-state index contributed by atoms with van der Waals surface area (Å²) < 4.78 is 6.42. The van der Waals surface area contributed by atoms with Gasteiger partial charge in [0, 0.05) is 31.7 Å². The Morgan fingerprint density at radius 2 is 2.03 bits per heavy atom. The van der Waals surface area contributed by atoms with Crippen LogP contribution in [0.3, 0.4) is 0 Å². The molecule has 5 rings (SSSR count). The van der Waals surface area contributed by atoms with Gasteiger partial charge in [-0.15, -0.1) is 0 Å². The molecule has 6 heteroatoms. The lowest BCUT2D eigenvalue weighted by molar-refractivity contribution is -0.127. The van der Waals surface area contributed by atoms with Crippen LogP contribution in [0, 0.1) is 17.8 Å². The fraction of sp³-hybridized carbons (Fsp3) is 0.609. The van der Waals surface area contributed by atoms with E-state index in [1.54, 1.807) is 12.3 Å². The van der Waals surface area contributed by atoms with Crippen LogP contribution in [0.2, 0.25) is 0 Å². The number of fused-ring (bicyclic) bond motifs is 2. The molecular weight excluding hydrogens is 366 g/mol. The number of allylic oxidation sites excluding steroid dienone is 2. The summed E-state index contributed by atoms with van der Waals surface area (Å²) in [7, 11) is 0. The molecule has 2 bridgehead atoms. The maximum absolute atomic E-state index is 12.6. The monoisotopic (exact) mass is 395 g/mol. The molecule has 1 N–H and O–H groups in total. The maximum Gasteiger partial charge on any atom is 0.272 e. The average molecular weight is 396 g/mol. The highest BCUT2D eigenvalue weighted by Crippen LogP contribution is 2.43. The number of carbonyl (C=O) groups is 2. The van der Waals surface area contributed by atoms with Crippen LogP contribution in [-0.4, -0.2) is 53.0 Å². The highest BCUT2D eigenvalue weighted by molar-refractivity contribution is 5.92. The highest BCUT2D eigenvalue weighted by Gasteiger charge is 2.44. The number of pyridine rings is 1. The van der Waals surface area contributed by atoms with Gasteiger partial charge < -0.3 is 15.0 Å². The number of hydrogen-bond donors (Lipinski definition) is 1. The van der Waals surface area contributed by atoms with Crippen molar-refractivity contribution in [3.8, 4) is 0 Å². The van der Waals surface area contributed by atoms with Crippen molar-refractivity contribution in [3.63, 3.8) is 0 Å². The predicted molar refractivity (Wildman–Crippen MR) is 108 cm³/mol. The zero-order chi connectivity index (χ0) is 19.8. The van der Waals surface area contributed by atoms with Crippen molar-refractivity contribution in [2.45, 2.75) is 50.2 Å². The molecule has 1 aromatic rings. The third-order valence-corrected chi connectivity index (χ3v) is 7.30. The van der Waals surface area contributed by atoms with E-state index in [1.165, 1.54) is 0 Å². The summed E-state index contributed by atoms with van der Waals surface area (Å²) in [6.07, 6.45) is 12.1. The number of nitrogens with zero attached hydrogens (tertiary/aromatic N) is 2. The highest BCUT2D eigenvalue weighted by atomic mass is 16.5. The molecule has 3 fully saturated rings. The second-order valence-electron chi connectivity index (χ2n) is 9.10. The largest absolute Gasteiger partial charge is 0.370 e. The van der Waals surface area contributed by atoms with Crippen LogP contribution in [0.15, 0.2) is 36.5 Å². The van der Waals surface area contributed by atoms with Crippen LogP contribution in [0.4, 0.5) is 0 Å². The van der Waals surface area contributed by atoms with Gasteiger partial charge in [-0.1, -0.05) is 18.2 Å². The molecule has 29 heavy (non-hydrogen) atoms. The minimum absolute atomic E-state index is 0.00201.